The monoisotopic (exact) mass is 464 g/mol. The highest BCUT2D eigenvalue weighted by Crippen LogP contribution is 2.30. The van der Waals surface area contributed by atoms with Gasteiger partial charge in [-0.1, -0.05) is 74.5 Å². The summed E-state index contributed by atoms with van der Waals surface area (Å²) in [5.41, 5.74) is 12.0. The first kappa shape index (κ1) is 22.5. The summed E-state index contributed by atoms with van der Waals surface area (Å²) in [6.45, 7) is 4.99. The van der Waals surface area contributed by atoms with E-state index in [9.17, 15) is 0 Å². The van der Waals surface area contributed by atoms with Crippen molar-refractivity contribution in [3.8, 4) is 22.5 Å². The highest BCUT2D eigenvalue weighted by Gasteiger charge is 2.16. The van der Waals surface area contributed by atoms with E-state index in [1.165, 1.54) is 0 Å². The third-order valence-corrected chi connectivity index (χ3v) is 6.27. The highest BCUT2D eigenvalue weighted by molar-refractivity contribution is 5.80. The van der Waals surface area contributed by atoms with Gasteiger partial charge in [0.15, 0.2) is 5.82 Å². The van der Waals surface area contributed by atoms with Gasteiger partial charge < -0.3 is 5.73 Å². The number of H-pyrrole nitrogens is 1. The van der Waals surface area contributed by atoms with Crippen LogP contribution in [0.15, 0.2) is 72.8 Å². The van der Waals surface area contributed by atoms with Gasteiger partial charge in [-0.2, -0.15) is 10.3 Å². The van der Waals surface area contributed by atoms with Gasteiger partial charge in [0.2, 0.25) is 5.82 Å². The van der Waals surface area contributed by atoms with E-state index in [0.29, 0.717) is 24.7 Å². The molecule has 8 heteroatoms. The summed E-state index contributed by atoms with van der Waals surface area (Å²) in [6, 6.07) is 24.5. The summed E-state index contributed by atoms with van der Waals surface area (Å²) in [5.74, 6) is 2.74. The minimum atomic E-state index is 0.311. The standard InChI is InChI=1S/C27H28N8/c1-3-18(2)26-29-25(16-19-10-14-22(28)15-11-19)35(32-26)17-20-8-12-21(13-9-20)23-6-4-5-7-24(23)27-30-33-34-31-27/h4-15,18H,3,16-17,28H2,1-2H3,(H,30,31,33,34). The molecule has 5 aromatic rings. The number of nitrogen functional groups attached to an aromatic ring is 1. The van der Waals surface area contributed by atoms with Crippen LogP contribution in [0, 0.1) is 0 Å². The Hall–Kier alpha value is -4.33. The predicted molar refractivity (Wildman–Crippen MR) is 137 cm³/mol. The van der Waals surface area contributed by atoms with Gasteiger partial charge in [-0.25, -0.2) is 9.67 Å². The first-order valence-corrected chi connectivity index (χ1v) is 11.8. The molecule has 1 unspecified atom stereocenters. The average Bonchev–Trinajstić information content (AvgIpc) is 3.56. The number of nitrogens with two attached hydrogens (primary N) is 1. The van der Waals surface area contributed by atoms with Crippen molar-refractivity contribution < 1.29 is 0 Å². The van der Waals surface area contributed by atoms with E-state index in [-0.39, 0.29) is 0 Å². The van der Waals surface area contributed by atoms with E-state index < -0.39 is 0 Å². The molecule has 5 rings (SSSR count). The Morgan fingerprint density at radius 1 is 0.914 bits per heavy atom. The molecule has 176 valence electrons. The maximum Gasteiger partial charge on any atom is 0.205 e. The minimum absolute atomic E-state index is 0.311. The van der Waals surface area contributed by atoms with Gasteiger partial charge in [0.25, 0.3) is 0 Å². The molecule has 0 saturated heterocycles. The van der Waals surface area contributed by atoms with Gasteiger partial charge in [0, 0.05) is 23.6 Å². The van der Waals surface area contributed by atoms with Crippen LogP contribution in [0.1, 0.15) is 49.0 Å². The summed E-state index contributed by atoms with van der Waals surface area (Å²) < 4.78 is 2.03. The number of anilines is 1. The molecular weight excluding hydrogens is 436 g/mol. The molecule has 2 heterocycles. The van der Waals surface area contributed by atoms with E-state index in [4.69, 9.17) is 15.8 Å². The zero-order valence-corrected chi connectivity index (χ0v) is 19.9. The van der Waals surface area contributed by atoms with Crippen LogP contribution in [0.25, 0.3) is 22.5 Å². The first-order chi connectivity index (χ1) is 17.1. The zero-order chi connectivity index (χ0) is 24.2. The second kappa shape index (κ2) is 9.89. The van der Waals surface area contributed by atoms with Crippen molar-refractivity contribution in [3.05, 3.63) is 95.6 Å². The van der Waals surface area contributed by atoms with Crippen molar-refractivity contribution in [2.45, 2.75) is 39.2 Å². The van der Waals surface area contributed by atoms with Gasteiger partial charge >= 0.3 is 0 Å². The lowest BCUT2D eigenvalue weighted by atomic mass is 9.98. The highest BCUT2D eigenvalue weighted by atomic mass is 15.5. The molecule has 0 radical (unpaired) electrons. The minimum Gasteiger partial charge on any atom is -0.399 e. The second-order valence-electron chi connectivity index (χ2n) is 8.75. The zero-order valence-electron chi connectivity index (χ0n) is 19.9. The smallest absolute Gasteiger partial charge is 0.205 e. The van der Waals surface area contributed by atoms with Crippen LogP contribution in [0.3, 0.4) is 0 Å². The molecule has 0 fully saturated rings. The lowest BCUT2D eigenvalue weighted by Gasteiger charge is -2.10. The largest absolute Gasteiger partial charge is 0.399 e. The number of hydrogen-bond acceptors (Lipinski definition) is 6. The van der Waals surface area contributed by atoms with Gasteiger partial charge in [-0.3, -0.25) is 0 Å². The molecular formula is C27H28N8. The fourth-order valence-corrected chi connectivity index (χ4v) is 4.03. The van der Waals surface area contributed by atoms with Crippen molar-refractivity contribution >= 4 is 5.69 Å². The van der Waals surface area contributed by atoms with Crippen LogP contribution < -0.4 is 5.73 Å². The average molecular weight is 465 g/mol. The maximum absolute atomic E-state index is 5.86. The Balaban J connectivity index is 1.41. The van der Waals surface area contributed by atoms with Gasteiger partial charge in [0.1, 0.15) is 5.82 Å². The van der Waals surface area contributed by atoms with E-state index in [0.717, 1.165) is 51.6 Å². The molecule has 2 aromatic heterocycles. The summed E-state index contributed by atoms with van der Waals surface area (Å²) in [6.07, 6.45) is 1.71. The Kier molecular flexibility index (Phi) is 6.34. The Morgan fingerprint density at radius 3 is 2.31 bits per heavy atom. The van der Waals surface area contributed by atoms with E-state index >= 15 is 0 Å². The second-order valence-corrected chi connectivity index (χ2v) is 8.75. The van der Waals surface area contributed by atoms with Crippen LogP contribution in [0.4, 0.5) is 5.69 Å². The van der Waals surface area contributed by atoms with Crippen LogP contribution in [0.5, 0.6) is 0 Å². The molecule has 0 spiro atoms. The molecule has 0 aliphatic carbocycles. The number of hydrogen-bond donors (Lipinski definition) is 2. The Morgan fingerprint density at radius 2 is 1.63 bits per heavy atom. The molecule has 0 aliphatic heterocycles. The fraction of sp³-hybridized carbons (Fsp3) is 0.222. The summed E-state index contributed by atoms with van der Waals surface area (Å²) in [7, 11) is 0. The third kappa shape index (κ3) is 4.96. The molecule has 3 N–H and O–H groups in total. The summed E-state index contributed by atoms with van der Waals surface area (Å²) in [5, 5.41) is 19.4. The van der Waals surface area contributed by atoms with Crippen molar-refractivity contribution in [1.29, 1.82) is 0 Å². The van der Waals surface area contributed by atoms with Crippen LogP contribution >= 0.6 is 0 Å². The Bertz CT molecular complexity index is 1390. The Labute approximate surface area is 204 Å². The maximum atomic E-state index is 5.86. The fourth-order valence-electron chi connectivity index (χ4n) is 4.03. The molecule has 0 amide bonds. The number of nitrogens with zero attached hydrogens (tertiary/aromatic N) is 6. The lowest BCUT2D eigenvalue weighted by molar-refractivity contribution is 0.617. The van der Waals surface area contributed by atoms with Gasteiger partial charge in [-0.15, -0.1) is 10.2 Å². The van der Waals surface area contributed by atoms with E-state index in [1.54, 1.807) is 0 Å². The number of rotatable bonds is 8. The van der Waals surface area contributed by atoms with Gasteiger partial charge in [-0.05, 0) is 46.0 Å². The van der Waals surface area contributed by atoms with E-state index in [1.807, 2.05) is 47.1 Å². The lowest BCUT2D eigenvalue weighted by Crippen LogP contribution is -2.08. The molecule has 8 nitrogen and oxygen atoms in total. The number of aromatic nitrogens is 7. The van der Waals surface area contributed by atoms with Crippen molar-refractivity contribution in [2.24, 2.45) is 0 Å². The van der Waals surface area contributed by atoms with Gasteiger partial charge in [0.05, 0.1) is 6.54 Å². The quantitative estimate of drug-likeness (QED) is 0.317. The number of benzene rings is 3. The molecule has 0 aliphatic rings. The molecule has 0 saturated carbocycles. The molecule has 1 atom stereocenters. The topological polar surface area (TPSA) is 111 Å². The number of aromatic amines is 1. The van der Waals surface area contributed by atoms with Crippen LogP contribution in [-0.2, 0) is 13.0 Å². The molecule has 0 bridgehead atoms. The number of tetrazole rings is 1. The van der Waals surface area contributed by atoms with Crippen LogP contribution in [0.2, 0.25) is 0 Å². The molecule has 3 aromatic carbocycles. The van der Waals surface area contributed by atoms with E-state index in [2.05, 4.69) is 64.8 Å². The number of nitrogens with one attached hydrogen (secondary N) is 1. The summed E-state index contributed by atoms with van der Waals surface area (Å²) >= 11 is 0. The SMILES string of the molecule is CCC(C)c1nc(Cc2ccc(N)cc2)n(Cc2ccc(-c3ccccc3-c3nn[nH]n3)cc2)n1. The third-order valence-electron chi connectivity index (χ3n) is 6.27. The normalized spacial score (nSPS) is 12.1. The van der Waals surface area contributed by atoms with Crippen molar-refractivity contribution in [1.82, 2.24) is 35.4 Å². The first-order valence-electron chi connectivity index (χ1n) is 11.8. The molecule has 35 heavy (non-hydrogen) atoms. The van der Waals surface area contributed by atoms with Crippen molar-refractivity contribution in [3.63, 3.8) is 0 Å². The predicted octanol–water partition coefficient (Wildman–Crippen LogP) is 4.86. The summed E-state index contributed by atoms with van der Waals surface area (Å²) in [4.78, 5) is 4.90. The van der Waals surface area contributed by atoms with Crippen molar-refractivity contribution in [2.75, 3.05) is 5.73 Å². The van der Waals surface area contributed by atoms with Crippen LogP contribution in [-0.4, -0.2) is 35.4 Å².